The number of halogens is 2. The number of rotatable bonds is 6. The summed E-state index contributed by atoms with van der Waals surface area (Å²) in [5.74, 6) is -0.669. The van der Waals surface area contributed by atoms with Crippen LogP contribution in [0, 0.1) is 11.6 Å². The van der Waals surface area contributed by atoms with Crippen molar-refractivity contribution in [3.8, 4) is 5.75 Å². The van der Waals surface area contributed by atoms with Crippen molar-refractivity contribution in [2.75, 3.05) is 0 Å². The number of benzene rings is 2. The predicted molar refractivity (Wildman–Crippen MR) is 79.1 cm³/mol. The number of para-hydroxylation sites is 1. The van der Waals surface area contributed by atoms with E-state index < -0.39 is 5.82 Å². The molecule has 0 atom stereocenters. The summed E-state index contributed by atoms with van der Waals surface area (Å²) in [5, 5.41) is 3.27. The van der Waals surface area contributed by atoms with Crippen LogP contribution in [0.15, 0.2) is 42.5 Å². The third-order valence-corrected chi connectivity index (χ3v) is 3.04. The van der Waals surface area contributed by atoms with Crippen molar-refractivity contribution in [2.45, 2.75) is 33.0 Å². The average molecular weight is 291 g/mol. The maximum atomic E-state index is 13.8. The number of ether oxygens (including phenoxy) is 1. The van der Waals surface area contributed by atoms with Crippen molar-refractivity contribution < 1.29 is 13.5 Å². The van der Waals surface area contributed by atoms with E-state index in [1.807, 2.05) is 13.8 Å². The molecule has 2 rings (SSSR count). The van der Waals surface area contributed by atoms with Crippen molar-refractivity contribution in [1.82, 2.24) is 5.32 Å². The van der Waals surface area contributed by atoms with Crippen LogP contribution in [0.3, 0.4) is 0 Å². The molecule has 0 fully saturated rings. The zero-order valence-corrected chi connectivity index (χ0v) is 12.2. The van der Waals surface area contributed by atoms with Crippen molar-refractivity contribution >= 4 is 0 Å². The number of nitrogens with one attached hydrogen (secondary N) is 1. The van der Waals surface area contributed by atoms with Crippen LogP contribution in [0.2, 0.25) is 0 Å². The van der Waals surface area contributed by atoms with Gasteiger partial charge in [-0.3, -0.25) is 0 Å². The first kappa shape index (κ1) is 15.4. The van der Waals surface area contributed by atoms with Crippen LogP contribution in [0.25, 0.3) is 0 Å². The molecule has 0 spiro atoms. The maximum absolute atomic E-state index is 13.8. The van der Waals surface area contributed by atoms with Gasteiger partial charge >= 0.3 is 0 Å². The summed E-state index contributed by atoms with van der Waals surface area (Å²) in [7, 11) is 0. The molecule has 0 aliphatic carbocycles. The van der Waals surface area contributed by atoms with Gasteiger partial charge in [-0.15, -0.1) is 0 Å². The lowest BCUT2D eigenvalue weighted by atomic mass is 10.1. The number of hydrogen-bond acceptors (Lipinski definition) is 2. The monoisotopic (exact) mass is 291 g/mol. The van der Waals surface area contributed by atoms with Crippen LogP contribution in [0.1, 0.15) is 25.0 Å². The molecule has 0 heterocycles. The minimum Gasteiger partial charge on any atom is -0.486 e. The average Bonchev–Trinajstić information content (AvgIpc) is 2.46. The molecule has 2 aromatic rings. The van der Waals surface area contributed by atoms with Crippen molar-refractivity contribution in [3.63, 3.8) is 0 Å². The predicted octanol–water partition coefficient (Wildman–Crippen LogP) is 4.04. The van der Waals surface area contributed by atoms with Crippen LogP contribution in [0.5, 0.6) is 5.75 Å². The fraction of sp³-hybridized carbons (Fsp3) is 0.294. The molecule has 112 valence electrons. The van der Waals surface area contributed by atoms with Crippen LogP contribution in [-0.4, -0.2) is 6.04 Å². The first-order valence-corrected chi connectivity index (χ1v) is 6.94. The molecule has 0 bridgehead atoms. The highest BCUT2D eigenvalue weighted by atomic mass is 19.1. The Labute approximate surface area is 123 Å². The lowest BCUT2D eigenvalue weighted by molar-refractivity contribution is 0.284. The lowest BCUT2D eigenvalue weighted by Gasteiger charge is -2.11. The summed E-state index contributed by atoms with van der Waals surface area (Å²) in [6.07, 6.45) is 0. The minimum absolute atomic E-state index is 0.00227. The Morgan fingerprint density at radius 2 is 1.81 bits per heavy atom. The molecule has 0 saturated carbocycles. The summed E-state index contributed by atoms with van der Waals surface area (Å²) in [4.78, 5) is 0. The van der Waals surface area contributed by atoms with Gasteiger partial charge in [-0.2, -0.15) is 0 Å². The highest BCUT2D eigenvalue weighted by Gasteiger charge is 2.07. The van der Waals surface area contributed by atoms with Crippen molar-refractivity contribution in [2.24, 2.45) is 0 Å². The van der Waals surface area contributed by atoms with E-state index in [2.05, 4.69) is 5.32 Å². The van der Waals surface area contributed by atoms with E-state index in [-0.39, 0.29) is 18.2 Å². The zero-order valence-electron chi connectivity index (χ0n) is 12.2. The van der Waals surface area contributed by atoms with Crippen LogP contribution < -0.4 is 10.1 Å². The molecular formula is C17H19F2NO. The molecule has 1 N–H and O–H groups in total. The lowest BCUT2D eigenvalue weighted by Crippen LogP contribution is -2.21. The van der Waals surface area contributed by atoms with Gasteiger partial charge in [-0.05, 0) is 29.8 Å². The molecule has 0 unspecified atom stereocenters. The van der Waals surface area contributed by atoms with Gasteiger partial charge in [0.15, 0.2) is 11.6 Å². The van der Waals surface area contributed by atoms with E-state index in [0.29, 0.717) is 18.2 Å². The first-order chi connectivity index (χ1) is 10.1. The van der Waals surface area contributed by atoms with Crippen LogP contribution in [-0.2, 0) is 13.2 Å². The molecule has 2 nitrogen and oxygen atoms in total. The van der Waals surface area contributed by atoms with Gasteiger partial charge in [0.05, 0.1) is 0 Å². The Morgan fingerprint density at radius 1 is 1.05 bits per heavy atom. The molecule has 0 saturated heterocycles. The molecular weight excluding hydrogens is 272 g/mol. The van der Waals surface area contributed by atoms with E-state index >= 15 is 0 Å². The van der Waals surface area contributed by atoms with Gasteiger partial charge in [0.2, 0.25) is 0 Å². The standard InChI is InChI=1S/C17H19F2NO/c1-12(2)20-10-13-7-8-15(18)14(9-13)11-21-17-6-4-3-5-16(17)19/h3-9,12,20H,10-11H2,1-2H3. The highest BCUT2D eigenvalue weighted by Crippen LogP contribution is 2.19. The largest absolute Gasteiger partial charge is 0.486 e. The molecule has 2 aromatic carbocycles. The first-order valence-electron chi connectivity index (χ1n) is 6.94. The molecule has 0 aliphatic rings. The van der Waals surface area contributed by atoms with Crippen LogP contribution >= 0.6 is 0 Å². The fourth-order valence-corrected chi connectivity index (χ4v) is 1.89. The Hall–Kier alpha value is -1.94. The zero-order chi connectivity index (χ0) is 15.2. The molecule has 0 aromatic heterocycles. The summed E-state index contributed by atoms with van der Waals surface area (Å²) < 4.78 is 32.6. The smallest absolute Gasteiger partial charge is 0.165 e. The summed E-state index contributed by atoms with van der Waals surface area (Å²) in [5.41, 5.74) is 1.39. The second-order valence-electron chi connectivity index (χ2n) is 5.18. The fourth-order valence-electron chi connectivity index (χ4n) is 1.89. The van der Waals surface area contributed by atoms with E-state index in [1.54, 1.807) is 24.3 Å². The van der Waals surface area contributed by atoms with E-state index in [9.17, 15) is 8.78 Å². The van der Waals surface area contributed by atoms with Gasteiger partial charge < -0.3 is 10.1 Å². The van der Waals surface area contributed by atoms with Crippen LogP contribution in [0.4, 0.5) is 8.78 Å². The Kier molecular flexibility index (Phi) is 5.28. The quantitative estimate of drug-likeness (QED) is 0.867. The molecule has 0 aliphatic heterocycles. The Balaban J connectivity index is 2.05. The van der Waals surface area contributed by atoms with Gasteiger partial charge in [-0.1, -0.05) is 32.0 Å². The third kappa shape index (κ3) is 4.53. The normalized spacial score (nSPS) is 10.9. The summed E-state index contributed by atoms with van der Waals surface area (Å²) >= 11 is 0. The minimum atomic E-state index is -0.449. The highest BCUT2D eigenvalue weighted by molar-refractivity contribution is 5.27. The van der Waals surface area contributed by atoms with Crippen molar-refractivity contribution in [3.05, 3.63) is 65.2 Å². The van der Waals surface area contributed by atoms with Crippen molar-refractivity contribution in [1.29, 1.82) is 0 Å². The molecule has 0 radical (unpaired) electrons. The summed E-state index contributed by atoms with van der Waals surface area (Å²) in [6.45, 7) is 4.75. The second-order valence-corrected chi connectivity index (χ2v) is 5.18. The Bertz CT molecular complexity index is 599. The topological polar surface area (TPSA) is 21.3 Å². The maximum Gasteiger partial charge on any atom is 0.165 e. The SMILES string of the molecule is CC(C)NCc1ccc(F)c(COc2ccccc2F)c1. The van der Waals surface area contributed by atoms with Gasteiger partial charge in [0, 0.05) is 18.2 Å². The number of hydrogen-bond donors (Lipinski definition) is 1. The Morgan fingerprint density at radius 3 is 2.52 bits per heavy atom. The molecule has 0 amide bonds. The van der Waals surface area contributed by atoms with Gasteiger partial charge in [-0.25, -0.2) is 8.78 Å². The molecule has 4 heteroatoms. The van der Waals surface area contributed by atoms with E-state index in [1.165, 1.54) is 18.2 Å². The third-order valence-electron chi connectivity index (χ3n) is 3.04. The van der Waals surface area contributed by atoms with E-state index in [0.717, 1.165) is 5.56 Å². The van der Waals surface area contributed by atoms with Gasteiger partial charge in [0.25, 0.3) is 0 Å². The summed E-state index contributed by atoms with van der Waals surface area (Å²) in [6, 6.07) is 11.3. The molecule has 21 heavy (non-hydrogen) atoms. The second kappa shape index (κ2) is 7.18. The van der Waals surface area contributed by atoms with E-state index in [4.69, 9.17) is 4.74 Å². The van der Waals surface area contributed by atoms with Gasteiger partial charge in [0.1, 0.15) is 12.4 Å².